The average molecular weight is 373 g/mol. The molecule has 140 valence electrons. The highest BCUT2D eigenvalue weighted by molar-refractivity contribution is 5.85. The van der Waals surface area contributed by atoms with E-state index in [1.54, 1.807) is 0 Å². The molecular weight excluding hydrogens is 344 g/mol. The van der Waals surface area contributed by atoms with Gasteiger partial charge in [-0.25, -0.2) is 0 Å². The molecule has 2 N–H and O–H groups in total. The largest absolute Gasteiger partial charge is 0.399 e. The van der Waals surface area contributed by atoms with Crippen LogP contribution in [0.25, 0.3) is 0 Å². The minimum atomic E-state index is 0. The molecule has 1 aliphatic rings. The normalized spacial score (nSPS) is 17.6. The molecule has 0 bridgehead atoms. The number of amides is 1. The van der Waals surface area contributed by atoms with Crippen molar-refractivity contribution in [1.82, 2.24) is 4.90 Å². The van der Waals surface area contributed by atoms with Crippen LogP contribution in [0.2, 0.25) is 0 Å². The Kier molecular flexibility index (Phi) is 7.52. The fourth-order valence-electron chi connectivity index (χ4n) is 4.10. The second-order valence-corrected chi connectivity index (χ2v) is 6.92. The van der Waals surface area contributed by atoms with Crippen LogP contribution in [-0.4, -0.2) is 23.4 Å². The van der Waals surface area contributed by atoms with E-state index >= 15 is 0 Å². The first-order chi connectivity index (χ1) is 12.2. The minimum Gasteiger partial charge on any atom is -0.399 e. The highest BCUT2D eigenvalue weighted by atomic mass is 35.5. The van der Waals surface area contributed by atoms with Gasteiger partial charge in [-0.05, 0) is 42.9 Å². The summed E-state index contributed by atoms with van der Waals surface area (Å²) in [5.41, 5.74) is 9.21. The maximum Gasteiger partial charge on any atom is 0.223 e. The van der Waals surface area contributed by atoms with Crippen LogP contribution in [0.3, 0.4) is 0 Å². The monoisotopic (exact) mass is 372 g/mol. The van der Waals surface area contributed by atoms with Gasteiger partial charge in [0.1, 0.15) is 0 Å². The average Bonchev–Trinajstić information content (AvgIpc) is 3.12. The number of rotatable bonds is 6. The van der Waals surface area contributed by atoms with Crippen molar-refractivity contribution in [2.24, 2.45) is 0 Å². The number of carbonyl (C=O) groups is 1. The third kappa shape index (κ3) is 4.59. The molecule has 1 fully saturated rings. The van der Waals surface area contributed by atoms with Crippen LogP contribution in [0.15, 0.2) is 54.6 Å². The number of hydrogen-bond donors (Lipinski definition) is 1. The third-order valence-electron chi connectivity index (χ3n) is 5.41. The van der Waals surface area contributed by atoms with Crippen LogP contribution in [0.5, 0.6) is 0 Å². The molecule has 3 nitrogen and oxygen atoms in total. The van der Waals surface area contributed by atoms with Gasteiger partial charge in [-0.15, -0.1) is 12.4 Å². The summed E-state index contributed by atoms with van der Waals surface area (Å²) in [6, 6.07) is 18.8. The summed E-state index contributed by atoms with van der Waals surface area (Å²) in [5, 5.41) is 0. The number of anilines is 1. The number of nitrogen functional groups attached to an aromatic ring is 1. The molecule has 2 aromatic carbocycles. The van der Waals surface area contributed by atoms with Crippen molar-refractivity contribution >= 4 is 24.0 Å². The summed E-state index contributed by atoms with van der Waals surface area (Å²) < 4.78 is 0. The lowest BCUT2D eigenvalue weighted by molar-refractivity contribution is -0.132. The first-order valence-corrected chi connectivity index (χ1v) is 9.38. The predicted octanol–water partition coefficient (Wildman–Crippen LogP) is 4.81. The molecule has 0 aromatic heterocycles. The number of aryl methyl sites for hydroxylation is 1. The Bertz CT molecular complexity index is 704. The number of benzene rings is 2. The second kappa shape index (κ2) is 9.63. The minimum absolute atomic E-state index is 0. The van der Waals surface area contributed by atoms with Gasteiger partial charge < -0.3 is 10.6 Å². The van der Waals surface area contributed by atoms with Gasteiger partial charge in [0.15, 0.2) is 0 Å². The van der Waals surface area contributed by atoms with Crippen molar-refractivity contribution in [2.75, 3.05) is 12.3 Å². The smallest absolute Gasteiger partial charge is 0.223 e. The van der Waals surface area contributed by atoms with E-state index < -0.39 is 0 Å². The molecule has 2 unspecified atom stereocenters. The molecule has 0 spiro atoms. The number of halogens is 1. The van der Waals surface area contributed by atoms with Crippen molar-refractivity contribution < 1.29 is 4.79 Å². The summed E-state index contributed by atoms with van der Waals surface area (Å²) in [4.78, 5) is 15.0. The molecule has 2 aromatic rings. The van der Waals surface area contributed by atoms with Crippen LogP contribution >= 0.6 is 12.4 Å². The van der Waals surface area contributed by atoms with Gasteiger partial charge in [-0.1, -0.05) is 55.5 Å². The lowest BCUT2D eigenvalue weighted by Gasteiger charge is -2.32. The molecular formula is C22H29ClN2O. The van der Waals surface area contributed by atoms with Gasteiger partial charge >= 0.3 is 0 Å². The Balaban J connectivity index is 0.00000243. The maximum absolute atomic E-state index is 12.9. The number of para-hydroxylation sites is 1. The van der Waals surface area contributed by atoms with E-state index in [0.717, 1.165) is 43.5 Å². The summed E-state index contributed by atoms with van der Waals surface area (Å²) in [7, 11) is 0. The van der Waals surface area contributed by atoms with Crippen LogP contribution in [0.4, 0.5) is 5.69 Å². The summed E-state index contributed by atoms with van der Waals surface area (Å²) >= 11 is 0. The summed E-state index contributed by atoms with van der Waals surface area (Å²) in [6.07, 6.45) is 4.52. The molecule has 1 saturated heterocycles. The highest BCUT2D eigenvalue weighted by Gasteiger charge is 2.34. The summed E-state index contributed by atoms with van der Waals surface area (Å²) in [6.45, 7) is 3.11. The van der Waals surface area contributed by atoms with E-state index in [1.165, 1.54) is 5.56 Å². The Morgan fingerprint density at radius 3 is 2.54 bits per heavy atom. The first kappa shape index (κ1) is 20.3. The van der Waals surface area contributed by atoms with Crippen molar-refractivity contribution in [3.63, 3.8) is 0 Å². The zero-order valence-corrected chi connectivity index (χ0v) is 16.3. The van der Waals surface area contributed by atoms with Crippen molar-refractivity contribution in [3.05, 3.63) is 65.7 Å². The van der Waals surface area contributed by atoms with Gasteiger partial charge in [0.05, 0.1) is 0 Å². The molecule has 1 aliphatic heterocycles. The maximum atomic E-state index is 12.9. The topological polar surface area (TPSA) is 46.3 Å². The molecule has 2 atom stereocenters. The molecule has 1 heterocycles. The van der Waals surface area contributed by atoms with E-state index in [1.807, 2.05) is 24.3 Å². The number of hydrogen-bond acceptors (Lipinski definition) is 2. The molecule has 3 rings (SSSR count). The Labute approximate surface area is 163 Å². The Hall–Kier alpha value is -2.00. The van der Waals surface area contributed by atoms with Gasteiger partial charge in [0.25, 0.3) is 0 Å². The predicted molar refractivity (Wildman–Crippen MR) is 111 cm³/mol. The fourth-order valence-corrected chi connectivity index (χ4v) is 4.10. The lowest BCUT2D eigenvalue weighted by atomic mass is 9.87. The van der Waals surface area contributed by atoms with Gasteiger partial charge in [-0.3, -0.25) is 4.79 Å². The number of nitrogens with zero attached hydrogens (tertiary/aromatic N) is 1. The van der Waals surface area contributed by atoms with Crippen LogP contribution in [0.1, 0.15) is 49.7 Å². The van der Waals surface area contributed by atoms with Crippen LogP contribution < -0.4 is 5.73 Å². The number of likely N-dealkylation sites (tertiary alicyclic amines) is 1. The third-order valence-corrected chi connectivity index (χ3v) is 5.41. The van der Waals surface area contributed by atoms with Crippen molar-refractivity contribution in [2.45, 2.75) is 51.0 Å². The van der Waals surface area contributed by atoms with Gasteiger partial charge in [0, 0.05) is 30.6 Å². The molecule has 0 aliphatic carbocycles. The van der Waals surface area contributed by atoms with E-state index in [4.69, 9.17) is 5.73 Å². The van der Waals surface area contributed by atoms with Crippen molar-refractivity contribution in [1.29, 1.82) is 0 Å². The highest BCUT2D eigenvalue weighted by Crippen LogP contribution is 2.34. The standard InChI is InChI=1S/C22H28N2O.ClH/c1-2-19(17-9-4-3-5-10-17)21-13-8-16-24(21)22(25)15-14-18-11-6-7-12-20(18)23;/h3-7,9-12,19,21H,2,8,13-16,23H2,1H3;1H. The van der Waals surface area contributed by atoms with E-state index in [-0.39, 0.29) is 18.3 Å². The molecule has 26 heavy (non-hydrogen) atoms. The fraction of sp³-hybridized carbons (Fsp3) is 0.409. The van der Waals surface area contributed by atoms with Crippen LogP contribution in [0, 0.1) is 0 Å². The molecule has 4 heteroatoms. The Morgan fingerprint density at radius 2 is 1.85 bits per heavy atom. The SMILES string of the molecule is CCC(c1ccccc1)C1CCCN1C(=O)CCc1ccccc1N.Cl. The molecule has 0 saturated carbocycles. The van der Waals surface area contributed by atoms with Gasteiger partial charge in [0.2, 0.25) is 5.91 Å². The van der Waals surface area contributed by atoms with Gasteiger partial charge in [-0.2, -0.15) is 0 Å². The molecule has 1 amide bonds. The Morgan fingerprint density at radius 1 is 1.15 bits per heavy atom. The van der Waals surface area contributed by atoms with E-state index in [9.17, 15) is 4.79 Å². The van der Waals surface area contributed by atoms with Crippen molar-refractivity contribution in [3.8, 4) is 0 Å². The zero-order valence-electron chi connectivity index (χ0n) is 15.4. The van der Waals surface area contributed by atoms with E-state index in [0.29, 0.717) is 18.4 Å². The molecule has 0 radical (unpaired) electrons. The number of carbonyl (C=O) groups excluding carboxylic acids is 1. The first-order valence-electron chi connectivity index (χ1n) is 9.38. The quantitative estimate of drug-likeness (QED) is 0.739. The van der Waals surface area contributed by atoms with Crippen LogP contribution in [-0.2, 0) is 11.2 Å². The lowest BCUT2D eigenvalue weighted by Crippen LogP contribution is -2.39. The number of nitrogens with two attached hydrogens (primary N) is 1. The zero-order chi connectivity index (χ0) is 17.6. The summed E-state index contributed by atoms with van der Waals surface area (Å²) in [5.74, 6) is 0.689. The van der Waals surface area contributed by atoms with E-state index in [2.05, 4.69) is 42.2 Å². The second-order valence-electron chi connectivity index (χ2n) is 6.92.